The van der Waals surface area contributed by atoms with Crippen LogP contribution in [0.15, 0.2) is 48.5 Å². The number of carbonyl (C=O) groups is 1. The lowest BCUT2D eigenvalue weighted by atomic mass is 9.90. The van der Waals surface area contributed by atoms with Crippen molar-refractivity contribution >= 4 is 11.7 Å². The summed E-state index contributed by atoms with van der Waals surface area (Å²) >= 11 is 0. The van der Waals surface area contributed by atoms with Gasteiger partial charge in [-0.15, -0.1) is 0 Å². The molecule has 2 aliphatic heterocycles. The van der Waals surface area contributed by atoms with E-state index >= 15 is 0 Å². The molecule has 2 aromatic rings. The van der Waals surface area contributed by atoms with E-state index in [1.54, 1.807) is 7.11 Å². The molecule has 0 aromatic heterocycles. The van der Waals surface area contributed by atoms with Crippen LogP contribution >= 0.6 is 0 Å². The highest BCUT2D eigenvalue weighted by atomic mass is 16.5. The van der Waals surface area contributed by atoms with E-state index in [-0.39, 0.29) is 6.03 Å². The minimum absolute atomic E-state index is 0.0145. The molecule has 0 saturated carbocycles. The summed E-state index contributed by atoms with van der Waals surface area (Å²) in [5, 5.41) is 3.13. The molecular weight excluding hydrogens is 398 g/mol. The third-order valence-electron chi connectivity index (χ3n) is 7.24. The number of urea groups is 1. The van der Waals surface area contributed by atoms with Gasteiger partial charge in [0.05, 0.1) is 7.11 Å². The lowest BCUT2D eigenvalue weighted by Gasteiger charge is -2.32. The summed E-state index contributed by atoms with van der Waals surface area (Å²) in [6.45, 7) is 2.83. The molecule has 2 heterocycles. The number of nitrogens with zero attached hydrogens (tertiary/aromatic N) is 2. The second-order valence-corrected chi connectivity index (χ2v) is 9.39. The Hall–Kier alpha value is -2.53. The van der Waals surface area contributed by atoms with Gasteiger partial charge < -0.3 is 19.9 Å². The minimum atomic E-state index is 0.0145. The summed E-state index contributed by atoms with van der Waals surface area (Å²) in [7, 11) is 3.91. The lowest BCUT2D eigenvalue weighted by molar-refractivity contribution is 0.180. The third kappa shape index (κ3) is 5.83. The summed E-state index contributed by atoms with van der Waals surface area (Å²) in [6.07, 6.45) is 7.93. The molecule has 2 fully saturated rings. The van der Waals surface area contributed by atoms with E-state index in [4.69, 9.17) is 4.74 Å². The fourth-order valence-corrected chi connectivity index (χ4v) is 5.15. The van der Waals surface area contributed by atoms with Crippen LogP contribution in [0.5, 0.6) is 5.75 Å². The zero-order valence-corrected chi connectivity index (χ0v) is 19.6. The van der Waals surface area contributed by atoms with Crippen LogP contribution in [0.2, 0.25) is 0 Å². The Kier molecular flexibility index (Phi) is 7.69. The Bertz CT molecular complexity index is 878. The molecule has 0 unspecified atom stereocenters. The van der Waals surface area contributed by atoms with Crippen molar-refractivity contribution < 1.29 is 9.53 Å². The Morgan fingerprint density at radius 2 is 1.84 bits per heavy atom. The smallest absolute Gasteiger partial charge is 0.321 e. The van der Waals surface area contributed by atoms with Gasteiger partial charge >= 0.3 is 6.03 Å². The van der Waals surface area contributed by atoms with Crippen molar-refractivity contribution in [2.45, 2.75) is 51.0 Å². The van der Waals surface area contributed by atoms with Crippen LogP contribution < -0.4 is 10.1 Å². The fourth-order valence-electron chi connectivity index (χ4n) is 5.15. The average Bonchev–Trinajstić information content (AvgIpc) is 3.23. The molecule has 2 aromatic carbocycles. The number of anilines is 1. The van der Waals surface area contributed by atoms with E-state index in [1.165, 1.54) is 30.4 Å². The van der Waals surface area contributed by atoms with Crippen LogP contribution in [0.3, 0.4) is 0 Å². The topological polar surface area (TPSA) is 44.8 Å². The van der Waals surface area contributed by atoms with Crippen molar-refractivity contribution in [1.82, 2.24) is 9.80 Å². The van der Waals surface area contributed by atoms with Gasteiger partial charge in [-0.05, 0) is 93.8 Å². The number of likely N-dealkylation sites (N-methyl/N-ethyl adjacent to an activating group) is 1. The number of carbonyl (C=O) groups excluding carboxylic acids is 1. The van der Waals surface area contributed by atoms with E-state index in [9.17, 15) is 4.79 Å². The number of ether oxygens (including phenoxy) is 1. The first kappa shape index (κ1) is 22.7. The van der Waals surface area contributed by atoms with E-state index in [2.05, 4.69) is 53.7 Å². The Morgan fingerprint density at radius 1 is 1.06 bits per heavy atom. The number of nitrogens with one attached hydrogen (secondary N) is 1. The standard InChI is InChI=1S/C27H37N3O2/c1-29-16-6-9-25(29)20-23-19-24(12-13-26(23)32-2)28-27(31)30-17-14-22(15-18-30)11-10-21-7-4-3-5-8-21/h3-5,7-8,12-13,19,22,25H,6,9-11,14-18,20H2,1-2H3,(H,28,31)/t25-/m0/s1. The number of piperidine rings is 1. The van der Waals surface area contributed by atoms with Gasteiger partial charge in [-0.3, -0.25) is 0 Å². The Labute approximate surface area is 192 Å². The monoisotopic (exact) mass is 435 g/mol. The van der Waals surface area contributed by atoms with E-state index in [0.29, 0.717) is 12.0 Å². The quantitative estimate of drug-likeness (QED) is 0.649. The molecule has 5 nitrogen and oxygen atoms in total. The molecule has 172 valence electrons. The molecule has 5 heteroatoms. The van der Waals surface area contributed by atoms with Gasteiger partial charge in [-0.25, -0.2) is 4.79 Å². The van der Waals surface area contributed by atoms with Crippen LogP contribution in [0.25, 0.3) is 0 Å². The van der Waals surface area contributed by atoms with Gasteiger partial charge in [0.25, 0.3) is 0 Å². The molecule has 1 atom stereocenters. The number of methoxy groups -OCH3 is 1. The van der Waals surface area contributed by atoms with Crippen LogP contribution in [0.1, 0.15) is 43.2 Å². The molecule has 0 radical (unpaired) electrons. The van der Waals surface area contributed by atoms with Crippen molar-refractivity contribution in [2.24, 2.45) is 5.92 Å². The predicted octanol–water partition coefficient (Wildman–Crippen LogP) is 5.21. The van der Waals surface area contributed by atoms with Crippen molar-refractivity contribution in [1.29, 1.82) is 0 Å². The summed E-state index contributed by atoms with van der Waals surface area (Å²) in [5.41, 5.74) is 3.44. The number of hydrogen-bond donors (Lipinski definition) is 1. The van der Waals surface area contributed by atoms with Gasteiger partial charge in [-0.1, -0.05) is 30.3 Å². The average molecular weight is 436 g/mol. The Balaban J connectivity index is 1.28. The molecule has 2 aliphatic rings. The van der Waals surface area contributed by atoms with Crippen molar-refractivity contribution in [3.8, 4) is 5.75 Å². The number of hydrogen-bond acceptors (Lipinski definition) is 3. The van der Waals surface area contributed by atoms with Gasteiger partial charge in [0.15, 0.2) is 0 Å². The third-order valence-corrected chi connectivity index (χ3v) is 7.24. The SMILES string of the molecule is COc1ccc(NC(=O)N2CCC(CCc3ccccc3)CC2)cc1C[C@@H]1CCCN1C. The highest BCUT2D eigenvalue weighted by Crippen LogP contribution is 2.28. The molecule has 0 aliphatic carbocycles. The van der Waals surface area contributed by atoms with Crippen molar-refractivity contribution in [2.75, 3.05) is 39.1 Å². The summed E-state index contributed by atoms with van der Waals surface area (Å²) < 4.78 is 5.59. The van der Waals surface area contributed by atoms with Crippen molar-refractivity contribution in [3.05, 3.63) is 59.7 Å². The number of benzene rings is 2. The van der Waals surface area contributed by atoms with Crippen LogP contribution in [0.4, 0.5) is 10.5 Å². The summed E-state index contributed by atoms with van der Waals surface area (Å²) in [6, 6.07) is 17.3. The molecule has 2 saturated heterocycles. The van der Waals surface area contributed by atoms with Crippen molar-refractivity contribution in [3.63, 3.8) is 0 Å². The first-order valence-electron chi connectivity index (χ1n) is 12.1. The van der Waals surface area contributed by atoms with Crippen LogP contribution in [0, 0.1) is 5.92 Å². The summed E-state index contributed by atoms with van der Waals surface area (Å²) in [5.74, 6) is 1.61. The largest absolute Gasteiger partial charge is 0.496 e. The predicted molar refractivity (Wildman–Crippen MR) is 130 cm³/mol. The number of likely N-dealkylation sites (tertiary alicyclic amines) is 2. The second kappa shape index (κ2) is 10.9. The summed E-state index contributed by atoms with van der Waals surface area (Å²) in [4.78, 5) is 17.3. The number of aryl methyl sites for hydroxylation is 1. The van der Waals surface area contributed by atoms with Gasteiger partial charge in [0.2, 0.25) is 0 Å². The number of amides is 2. The van der Waals surface area contributed by atoms with Gasteiger partial charge in [0, 0.05) is 24.8 Å². The maximum absolute atomic E-state index is 12.9. The zero-order chi connectivity index (χ0) is 22.3. The van der Waals surface area contributed by atoms with Gasteiger partial charge in [0.1, 0.15) is 5.75 Å². The van der Waals surface area contributed by atoms with Gasteiger partial charge in [-0.2, -0.15) is 0 Å². The molecule has 4 rings (SSSR count). The highest BCUT2D eigenvalue weighted by Gasteiger charge is 2.24. The molecule has 1 N–H and O–H groups in total. The first-order chi connectivity index (χ1) is 15.6. The molecule has 2 amide bonds. The maximum Gasteiger partial charge on any atom is 0.321 e. The molecule has 32 heavy (non-hydrogen) atoms. The normalized spacial score (nSPS) is 19.8. The zero-order valence-electron chi connectivity index (χ0n) is 19.6. The lowest BCUT2D eigenvalue weighted by Crippen LogP contribution is -2.41. The molecule has 0 bridgehead atoms. The molecule has 0 spiro atoms. The van der Waals surface area contributed by atoms with Crippen LogP contribution in [-0.4, -0.2) is 55.7 Å². The van der Waals surface area contributed by atoms with E-state index in [1.807, 2.05) is 17.0 Å². The van der Waals surface area contributed by atoms with Crippen LogP contribution in [-0.2, 0) is 12.8 Å². The minimum Gasteiger partial charge on any atom is -0.496 e. The Morgan fingerprint density at radius 3 is 2.53 bits per heavy atom. The fraction of sp³-hybridized carbons (Fsp3) is 0.519. The van der Waals surface area contributed by atoms with E-state index in [0.717, 1.165) is 56.8 Å². The first-order valence-corrected chi connectivity index (χ1v) is 12.1. The maximum atomic E-state index is 12.9. The number of rotatable bonds is 7. The molecular formula is C27H37N3O2. The highest BCUT2D eigenvalue weighted by molar-refractivity contribution is 5.89. The van der Waals surface area contributed by atoms with E-state index < -0.39 is 0 Å². The second-order valence-electron chi connectivity index (χ2n) is 9.39.